The van der Waals surface area contributed by atoms with E-state index in [9.17, 15) is 0 Å². The second-order valence-electron chi connectivity index (χ2n) is 3.61. The molecule has 0 saturated carbocycles. The zero-order chi connectivity index (χ0) is 11.8. The minimum absolute atomic E-state index is 0.135. The van der Waals surface area contributed by atoms with E-state index in [2.05, 4.69) is 25.1 Å². The summed E-state index contributed by atoms with van der Waals surface area (Å²) in [4.78, 5) is 0. The molecule has 1 rings (SSSR count). The summed E-state index contributed by atoms with van der Waals surface area (Å²) < 4.78 is 10.6. The molecule has 0 heterocycles. The molecule has 1 atom stereocenters. The Hall–Kier alpha value is -1.12. The van der Waals surface area contributed by atoms with E-state index >= 15 is 0 Å². The summed E-state index contributed by atoms with van der Waals surface area (Å²) in [5.74, 6) is 0. The van der Waals surface area contributed by atoms with Gasteiger partial charge in [-0.05, 0) is 25.0 Å². The second kappa shape index (κ2) is 7.20. The average molecular weight is 220 g/mol. The number of rotatable bonds is 6. The fourth-order valence-corrected chi connectivity index (χ4v) is 1.51. The van der Waals surface area contributed by atoms with Crippen LogP contribution in [-0.4, -0.2) is 20.0 Å². The Balaban J connectivity index is 2.56. The van der Waals surface area contributed by atoms with Crippen LogP contribution < -0.4 is 0 Å². The maximum Gasteiger partial charge on any atom is 0.160 e. The third kappa shape index (κ3) is 4.17. The summed E-state index contributed by atoms with van der Waals surface area (Å²) >= 11 is 0. The van der Waals surface area contributed by atoms with E-state index in [4.69, 9.17) is 9.47 Å². The van der Waals surface area contributed by atoms with Crippen LogP contribution in [0, 0.1) is 0 Å². The van der Waals surface area contributed by atoms with Crippen molar-refractivity contribution in [3.63, 3.8) is 0 Å². The van der Waals surface area contributed by atoms with Gasteiger partial charge in [-0.2, -0.15) is 0 Å². The molecular formula is C14H20O2. The summed E-state index contributed by atoms with van der Waals surface area (Å²) in [6, 6.07) is 10.3. The predicted octanol–water partition coefficient (Wildman–Crippen LogP) is 3.49. The van der Waals surface area contributed by atoms with E-state index in [0.717, 1.165) is 6.42 Å². The number of hydrogen-bond donors (Lipinski definition) is 0. The molecule has 0 aliphatic heterocycles. The Morgan fingerprint density at radius 3 is 2.56 bits per heavy atom. The summed E-state index contributed by atoms with van der Waals surface area (Å²) in [7, 11) is 1.67. The lowest BCUT2D eigenvalue weighted by molar-refractivity contribution is -0.116. The van der Waals surface area contributed by atoms with E-state index in [1.165, 1.54) is 11.1 Å². The molecule has 0 aromatic heterocycles. The monoisotopic (exact) mass is 220 g/mol. The topological polar surface area (TPSA) is 18.5 Å². The number of benzene rings is 1. The van der Waals surface area contributed by atoms with Crippen molar-refractivity contribution in [3.8, 4) is 0 Å². The van der Waals surface area contributed by atoms with Crippen molar-refractivity contribution in [2.24, 2.45) is 0 Å². The number of allylic oxidation sites excluding steroid dienone is 1. The van der Waals surface area contributed by atoms with Crippen molar-refractivity contribution in [2.45, 2.75) is 26.6 Å². The van der Waals surface area contributed by atoms with Crippen LogP contribution in [0.1, 0.15) is 25.8 Å². The molecule has 0 N–H and O–H groups in total. The molecule has 16 heavy (non-hydrogen) atoms. The Bertz CT molecular complexity index is 317. The van der Waals surface area contributed by atoms with Crippen LogP contribution in [0.15, 0.2) is 36.4 Å². The number of ether oxygens (including phenoxy) is 2. The van der Waals surface area contributed by atoms with Crippen molar-refractivity contribution >= 4 is 5.57 Å². The van der Waals surface area contributed by atoms with Gasteiger partial charge in [-0.15, -0.1) is 0 Å². The van der Waals surface area contributed by atoms with Crippen molar-refractivity contribution in [1.29, 1.82) is 0 Å². The lowest BCUT2D eigenvalue weighted by Gasteiger charge is -2.13. The van der Waals surface area contributed by atoms with Crippen LogP contribution in [0.4, 0.5) is 0 Å². The van der Waals surface area contributed by atoms with Crippen molar-refractivity contribution < 1.29 is 9.47 Å². The van der Waals surface area contributed by atoms with Gasteiger partial charge in [-0.3, -0.25) is 0 Å². The Labute approximate surface area is 97.9 Å². The molecule has 0 fully saturated rings. The van der Waals surface area contributed by atoms with Gasteiger partial charge >= 0.3 is 0 Å². The summed E-state index contributed by atoms with van der Waals surface area (Å²) in [5, 5.41) is 0. The summed E-state index contributed by atoms with van der Waals surface area (Å²) in [5.41, 5.74) is 2.50. The third-order valence-corrected chi connectivity index (χ3v) is 2.46. The predicted molar refractivity (Wildman–Crippen MR) is 67.1 cm³/mol. The Morgan fingerprint density at radius 2 is 2.00 bits per heavy atom. The Kier molecular flexibility index (Phi) is 5.83. The molecule has 0 bridgehead atoms. The van der Waals surface area contributed by atoms with E-state index in [0.29, 0.717) is 6.61 Å². The molecule has 1 aromatic carbocycles. The smallest absolute Gasteiger partial charge is 0.160 e. The molecule has 0 amide bonds. The Morgan fingerprint density at radius 1 is 1.31 bits per heavy atom. The maximum absolute atomic E-state index is 5.41. The quantitative estimate of drug-likeness (QED) is 0.683. The molecule has 1 unspecified atom stereocenters. The van der Waals surface area contributed by atoms with Crippen LogP contribution >= 0.6 is 0 Å². The van der Waals surface area contributed by atoms with E-state index < -0.39 is 0 Å². The van der Waals surface area contributed by atoms with E-state index in [-0.39, 0.29) is 6.29 Å². The molecule has 88 valence electrons. The highest BCUT2D eigenvalue weighted by Gasteiger charge is 2.04. The van der Waals surface area contributed by atoms with Crippen LogP contribution in [0.25, 0.3) is 5.57 Å². The zero-order valence-electron chi connectivity index (χ0n) is 10.3. The molecule has 0 aliphatic carbocycles. The van der Waals surface area contributed by atoms with Gasteiger partial charge in [0.15, 0.2) is 6.29 Å². The molecule has 0 radical (unpaired) electrons. The number of hydrogen-bond acceptors (Lipinski definition) is 2. The highest BCUT2D eigenvalue weighted by atomic mass is 16.7. The van der Waals surface area contributed by atoms with Gasteiger partial charge in [0.25, 0.3) is 0 Å². The largest absolute Gasteiger partial charge is 0.356 e. The lowest BCUT2D eigenvalue weighted by atomic mass is 10.1. The molecule has 1 aromatic rings. The second-order valence-corrected chi connectivity index (χ2v) is 3.61. The minimum Gasteiger partial charge on any atom is -0.356 e. The highest BCUT2D eigenvalue weighted by Crippen LogP contribution is 2.14. The van der Waals surface area contributed by atoms with Gasteiger partial charge in [0.2, 0.25) is 0 Å². The molecular weight excluding hydrogens is 200 g/mol. The standard InChI is InChI=1S/C14H20O2/c1-4-16-14(15-3)11-10-12(2)13-8-6-5-7-9-13/h5-10,14H,4,11H2,1-3H3/b12-10-. The van der Waals surface area contributed by atoms with Crippen LogP contribution in [0.3, 0.4) is 0 Å². The number of methoxy groups -OCH3 is 1. The van der Waals surface area contributed by atoms with Crippen molar-refractivity contribution in [2.75, 3.05) is 13.7 Å². The average Bonchev–Trinajstić information content (AvgIpc) is 2.35. The first-order valence-electron chi connectivity index (χ1n) is 5.64. The summed E-state index contributed by atoms with van der Waals surface area (Å²) in [6.07, 6.45) is 2.80. The maximum atomic E-state index is 5.41. The molecule has 2 heteroatoms. The molecule has 0 spiro atoms. The van der Waals surface area contributed by atoms with E-state index in [1.807, 2.05) is 25.1 Å². The highest BCUT2D eigenvalue weighted by molar-refractivity contribution is 5.63. The third-order valence-electron chi connectivity index (χ3n) is 2.46. The summed E-state index contributed by atoms with van der Waals surface area (Å²) in [6.45, 7) is 4.75. The first-order valence-corrected chi connectivity index (χ1v) is 5.64. The van der Waals surface area contributed by atoms with Gasteiger partial charge in [0.05, 0.1) is 0 Å². The van der Waals surface area contributed by atoms with Gasteiger partial charge in [-0.1, -0.05) is 36.4 Å². The van der Waals surface area contributed by atoms with Crippen LogP contribution in [-0.2, 0) is 9.47 Å². The fourth-order valence-electron chi connectivity index (χ4n) is 1.51. The lowest BCUT2D eigenvalue weighted by Crippen LogP contribution is -2.13. The normalized spacial score (nSPS) is 13.8. The van der Waals surface area contributed by atoms with Crippen molar-refractivity contribution in [1.82, 2.24) is 0 Å². The minimum atomic E-state index is -0.135. The van der Waals surface area contributed by atoms with Crippen LogP contribution in [0.5, 0.6) is 0 Å². The first-order chi connectivity index (χ1) is 7.77. The van der Waals surface area contributed by atoms with E-state index in [1.54, 1.807) is 7.11 Å². The molecule has 0 saturated heterocycles. The van der Waals surface area contributed by atoms with Gasteiger partial charge < -0.3 is 9.47 Å². The molecule has 0 aliphatic rings. The van der Waals surface area contributed by atoms with Gasteiger partial charge in [0, 0.05) is 20.1 Å². The first kappa shape index (κ1) is 12.9. The fraction of sp³-hybridized carbons (Fsp3) is 0.429. The SMILES string of the molecule is CCOC(C/C=C(/C)c1ccccc1)OC. The molecule has 2 nitrogen and oxygen atoms in total. The van der Waals surface area contributed by atoms with Crippen LogP contribution in [0.2, 0.25) is 0 Å². The van der Waals surface area contributed by atoms with Gasteiger partial charge in [-0.25, -0.2) is 0 Å². The zero-order valence-corrected chi connectivity index (χ0v) is 10.3. The van der Waals surface area contributed by atoms with Crippen molar-refractivity contribution in [3.05, 3.63) is 42.0 Å². The van der Waals surface area contributed by atoms with Gasteiger partial charge in [0.1, 0.15) is 0 Å².